The fourth-order valence-electron chi connectivity index (χ4n) is 7.93. The number of aromatic nitrogens is 1. The van der Waals surface area contributed by atoms with E-state index in [1.165, 1.54) is 67.7 Å². The molecule has 1 aliphatic heterocycles. The zero-order valence-electron chi connectivity index (χ0n) is 28.5. The van der Waals surface area contributed by atoms with E-state index >= 15 is 0 Å². The molecule has 0 bridgehead atoms. The van der Waals surface area contributed by atoms with Gasteiger partial charge in [0.05, 0.1) is 29.9 Å². The molecule has 0 spiro atoms. The van der Waals surface area contributed by atoms with Gasteiger partial charge in [0.25, 0.3) is 5.56 Å². The Morgan fingerprint density at radius 1 is 0.907 bits per heavy atom. The number of aryl methyl sites for hydroxylation is 1. The molecule has 17 heteroatoms. The second-order valence-corrected chi connectivity index (χ2v) is 13.7. The number of fused-ring (bicyclic) bond motifs is 2. The van der Waals surface area contributed by atoms with Gasteiger partial charge in [0.15, 0.2) is 0 Å². The average Bonchev–Trinajstić information content (AvgIpc) is 3.11. The summed E-state index contributed by atoms with van der Waals surface area (Å²) in [4.78, 5) is 40.6. The molecule has 54 heavy (non-hydrogen) atoms. The molecular weight excluding hydrogens is 737 g/mol. The molecule has 6 rings (SSSR count). The van der Waals surface area contributed by atoms with Crippen LogP contribution in [0.5, 0.6) is 0 Å². The highest BCUT2D eigenvalue weighted by Gasteiger charge is 2.62. The minimum Gasteiger partial charge on any atom is -0.480 e. The van der Waals surface area contributed by atoms with Crippen LogP contribution in [0.3, 0.4) is 0 Å². The Morgan fingerprint density at radius 2 is 1.54 bits per heavy atom. The van der Waals surface area contributed by atoms with Crippen molar-refractivity contribution < 1.29 is 58.9 Å². The molecule has 8 nitrogen and oxygen atoms in total. The van der Waals surface area contributed by atoms with E-state index in [2.05, 4.69) is 0 Å². The number of carbonyl (C=O) groups excluding carboxylic acids is 1. The van der Waals surface area contributed by atoms with E-state index in [-0.39, 0.29) is 46.0 Å². The number of alkyl halides is 9. The van der Waals surface area contributed by atoms with Crippen LogP contribution in [0.25, 0.3) is 32.8 Å². The predicted octanol–water partition coefficient (Wildman–Crippen LogP) is 7.24. The summed E-state index contributed by atoms with van der Waals surface area (Å²) in [6.07, 6.45) is -18.1. The highest BCUT2D eigenvalue weighted by Crippen LogP contribution is 2.51. The number of morpholine rings is 1. The number of nitrogens with one attached hydrogen (secondary N) is 1. The van der Waals surface area contributed by atoms with Gasteiger partial charge in [0.1, 0.15) is 17.5 Å². The van der Waals surface area contributed by atoms with Crippen molar-refractivity contribution in [2.45, 2.75) is 68.8 Å². The van der Waals surface area contributed by atoms with Crippen molar-refractivity contribution in [3.63, 3.8) is 0 Å². The van der Waals surface area contributed by atoms with Gasteiger partial charge in [0, 0.05) is 31.4 Å². The number of hydrogen-bond donors (Lipinski definition) is 2. The second-order valence-electron chi connectivity index (χ2n) is 13.7. The summed E-state index contributed by atoms with van der Waals surface area (Å²) in [5.41, 5.74) is -5.82. The van der Waals surface area contributed by atoms with Crippen molar-refractivity contribution in [1.29, 1.82) is 0 Å². The molecule has 290 valence electrons. The summed E-state index contributed by atoms with van der Waals surface area (Å²) >= 11 is 0. The van der Waals surface area contributed by atoms with Gasteiger partial charge in [-0.15, -0.1) is 0 Å². The van der Waals surface area contributed by atoms with Gasteiger partial charge < -0.3 is 19.7 Å². The van der Waals surface area contributed by atoms with Crippen LogP contribution in [0.1, 0.15) is 36.8 Å². The van der Waals surface area contributed by atoms with Crippen LogP contribution in [0.2, 0.25) is 0 Å². The van der Waals surface area contributed by atoms with Gasteiger partial charge >= 0.3 is 24.5 Å². The largest absolute Gasteiger partial charge is 0.480 e. The molecule has 2 aliphatic rings. The molecule has 2 heterocycles. The third-order valence-corrected chi connectivity index (χ3v) is 10.7. The van der Waals surface area contributed by atoms with E-state index in [1.54, 1.807) is 0 Å². The lowest BCUT2D eigenvalue weighted by Crippen LogP contribution is -2.61. The van der Waals surface area contributed by atoms with Crippen LogP contribution in [0, 0.1) is 5.41 Å². The maximum Gasteiger partial charge on any atom is 0.417 e. The lowest BCUT2D eigenvalue weighted by molar-refractivity contribution is -0.242. The predicted molar refractivity (Wildman–Crippen MR) is 179 cm³/mol. The number of aliphatic carboxylic acids is 1. The molecule has 0 radical (unpaired) electrons. The third kappa shape index (κ3) is 7.03. The summed E-state index contributed by atoms with van der Waals surface area (Å²) in [6, 6.07) is 8.93. The molecule has 0 unspecified atom stereocenters. The van der Waals surface area contributed by atoms with Gasteiger partial charge in [-0.2, -0.15) is 39.5 Å². The van der Waals surface area contributed by atoms with Crippen molar-refractivity contribution in [3.8, 4) is 11.1 Å². The third-order valence-electron chi connectivity index (χ3n) is 10.7. The van der Waals surface area contributed by atoms with E-state index in [4.69, 9.17) is 4.74 Å². The van der Waals surface area contributed by atoms with E-state index < -0.39 is 109 Å². The molecule has 3 aromatic carbocycles. The molecule has 2 fully saturated rings. The molecule has 1 aromatic heterocycles. The Labute approximate surface area is 301 Å². The zero-order chi connectivity index (χ0) is 39.4. The normalized spacial score (nSPS) is 22.3. The number of pyridine rings is 1. The summed E-state index contributed by atoms with van der Waals surface area (Å²) in [7, 11) is 1.33. The van der Waals surface area contributed by atoms with Crippen LogP contribution < -0.4 is 10.9 Å². The quantitative estimate of drug-likeness (QED) is 0.192. The molecule has 2 atom stereocenters. The molecule has 1 saturated carbocycles. The first kappa shape index (κ1) is 39.1. The molecular formula is C37H34F9N3O5. The SMILES string of the molecule is Cn1c(=O)c(-c2cccc3c(C[C@H](NC(=O)C4(C(F)(F)F)CCC(N5CCOC[C@@H]5C(F)(F)F)CC4)C(=O)O)cccc23)c(C(F)(F)F)c2ccccc21. The highest BCUT2D eigenvalue weighted by atomic mass is 19.4. The molecule has 2 N–H and O–H groups in total. The zero-order valence-corrected chi connectivity index (χ0v) is 28.5. The van der Waals surface area contributed by atoms with Crippen molar-refractivity contribution >= 4 is 33.6 Å². The van der Waals surface area contributed by atoms with Crippen LogP contribution in [0.15, 0.2) is 65.5 Å². The topological polar surface area (TPSA) is 101 Å². The number of rotatable bonds is 7. The van der Waals surface area contributed by atoms with Crippen molar-refractivity contribution in [2.75, 3.05) is 19.8 Å². The number of halogens is 9. The monoisotopic (exact) mass is 771 g/mol. The van der Waals surface area contributed by atoms with Crippen LogP contribution in [-0.4, -0.2) is 76.7 Å². The lowest BCUT2D eigenvalue weighted by atomic mass is 9.70. The smallest absolute Gasteiger partial charge is 0.417 e. The van der Waals surface area contributed by atoms with Gasteiger partial charge in [-0.1, -0.05) is 54.6 Å². The Bertz CT molecular complexity index is 2140. The maximum atomic E-state index is 14.7. The minimum absolute atomic E-state index is 0.0382. The van der Waals surface area contributed by atoms with E-state index in [1.807, 2.05) is 5.32 Å². The molecule has 1 amide bonds. The standard InChI is InChI=1S/C37H34F9N3O5/c1-48-27-11-3-2-7-25(27)30(36(41,42)43)29(31(48)50)24-10-5-8-22-20(6-4-9-23(22)24)18-26(32(51)52)47-33(53)34(37(44,45)46)14-12-21(13-15-34)49-16-17-54-19-28(49)35(38,39)40/h2-11,21,26,28H,12-19H2,1H3,(H,47,53)(H,51,52)/t21?,26-,28+,34?/m0/s1. The average molecular weight is 772 g/mol. The summed E-state index contributed by atoms with van der Waals surface area (Å²) in [5, 5.41) is 12.2. The van der Waals surface area contributed by atoms with Gasteiger partial charge in [-0.25, -0.2) is 4.79 Å². The number of carboxylic acid groups (broad SMARTS) is 1. The number of carboxylic acids is 1. The molecule has 4 aromatic rings. The van der Waals surface area contributed by atoms with E-state index in [0.29, 0.717) is 0 Å². The molecule has 1 saturated heterocycles. The Kier molecular flexibility index (Phi) is 10.3. The number of ether oxygens (including phenoxy) is 1. The fraction of sp³-hybridized carbons (Fsp3) is 0.432. The van der Waals surface area contributed by atoms with Gasteiger partial charge in [-0.05, 0) is 53.6 Å². The van der Waals surface area contributed by atoms with Crippen LogP contribution in [-0.2, 0) is 34.0 Å². The second kappa shape index (κ2) is 14.2. The van der Waals surface area contributed by atoms with Crippen molar-refractivity contribution in [1.82, 2.24) is 14.8 Å². The number of benzene rings is 3. The number of para-hydroxylation sites is 1. The van der Waals surface area contributed by atoms with Gasteiger partial charge in [0.2, 0.25) is 5.91 Å². The first-order chi connectivity index (χ1) is 25.3. The number of hydrogen-bond acceptors (Lipinski definition) is 5. The highest BCUT2D eigenvalue weighted by molar-refractivity contribution is 6.02. The van der Waals surface area contributed by atoms with E-state index in [9.17, 15) is 59.0 Å². The fourth-order valence-corrected chi connectivity index (χ4v) is 7.93. The van der Waals surface area contributed by atoms with Crippen LogP contribution >= 0.6 is 0 Å². The first-order valence-electron chi connectivity index (χ1n) is 17.0. The number of amides is 1. The minimum atomic E-state index is -5.18. The summed E-state index contributed by atoms with van der Waals surface area (Å²) in [5.74, 6) is -3.35. The van der Waals surface area contributed by atoms with Gasteiger partial charge in [-0.3, -0.25) is 14.5 Å². The van der Waals surface area contributed by atoms with Crippen LogP contribution in [0.4, 0.5) is 39.5 Å². The summed E-state index contributed by atoms with van der Waals surface area (Å²) < 4.78 is 135. The maximum absolute atomic E-state index is 14.7. The Morgan fingerprint density at radius 3 is 2.17 bits per heavy atom. The Balaban J connectivity index is 1.32. The van der Waals surface area contributed by atoms with Crippen molar-refractivity contribution in [2.24, 2.45) is 12.5 Å². The van der Waals surface area contributed by atoms with E-state index in [0.717, 1.165) is 9.47 Å². The lowest BCUT2D eigenvalue weighted by Gasteiger charge is -2.47. The number of carbonyl (C=O) groups is 2. The number of nitrogens with zero attached hydrogens (tertiary/aromatic N) is 2. The Hall–Kier alpha value is -4.64. The van der Waals surface area contributed by atoms with Crippen molar-refractivity contribution in [3.05, 3.63) is 82.1 Å². The first-order valence-corrected chi connectivity index (χ1v) is 17.0. The summed E-state index contributed by atoms with van der Waals surface area (Å²) in [6.45, 7) is -0.892. The molecule has 1 aliphatic carbocycles.